The van der Waals surface area contributed by atoms with Crippen LogP contribution in [0.2, 0.25) is 0 Å². The first-order chi connectivity index (χ1) is 16.5. The van der Waals surface area contributed by atoms with Crippen molar-refractivity contribution < 1.29 is 10.2 Å². The predicted octanol–water partition coefficient (Wildman–Crippen LogP) is 9.29. The largest absolute Gasteiger partial charge is 0.508 e. The molecule has 0 radical (unpaired) electrons. The molecule has 0 fully saturated rings. The first kappa shape index (κ1) is 27.3. The number of rotatable bonds is 15. The van der Waals surface area contributed by atoms with Crippen LogP contribution >= 0.6 is 23.5 Å². The summed E-state index contributed by atoms with van der Waals surface area (Å²) in [5.41, 5.74) is 2.70. The summed E-state index contributed by atoms with van der Waals surface area (Å²) >= 11 is 3.99. The minimum Gasteiger partial charge on any atom is -0.508 e. The maximum Gasteiger partial charge on any atom is 0.116 e. The van der Waals surface area contributed by atoms with Crippen LogP contribution in [0.15, 0.2) is 47.4 Å². The summed E-state index contributed by atoms with van der Waals surface area (Å²) < 4.78 is 0. The van der Waals surface area contributed by atoms with E-state index in [1.807, 2.05) is 36.0 Å². The molecule has 3 rings (SSSR count). The fourth-order valence-electron chi connectivity index (χ4n) is 5.20. The zero-order valence-electron chi connectivity index (χ0n) is 21.2. The molecule has 0 amide bonds. The van der Waals surface area contributed by atoms with E-state index in [9.17, 15) is 10.2 Å². The Morgan fingerprint density at radius 1 is 0.824 bits per heavy atom. The third-order valence-corrected chi connectivity index (χ3v) is 9.93. The molecule has 0 bridgehead atoms. The molecular formula is C30H44O2S2. The monoisotopic (exact) mass is 500 g/mol. The van der Waals surface area contributed by atoms with Gasteiger partial charge in [-0.25, -0.2) is 0 Å². The van der Waals surface area contributed by atoms with Crippen molar-refractivity contribution in [3.8, 4) is 11.5 Å². The summed E-state index contributed by atoms with van der Waals surface area (Å²) in [5.74, 6) is 4.80. The molecule has 2 N–H and O–H groups in total. The van der Waals surface area contributed by atoms with E-state index in [2.05, 4.69) is 43.8 Å². The van der Waals surface area contributed by atoms with Crippen molar-refractivity contribution in [2.75, 3.05) is 17.3 Å². The molecule has 0 spiro atoms. The highest BCUT2D eigenvalue weighted by molar-refractivity contribution is 7.99. The van der Waals surface area contributed by atoms with Crippen LogP contribution in [0, 0.1) is 0 Å². The van der Waals surface area contributed by atoms with Crippen LogP contribution in [0.25, 0.3) is 0 Å². The number of hydrogen-bond acceptors (Lipinski definition) is 4. The SMILES string of the molecule is CCCCCSCCCCCCCCCC1c2ccc(O)cc2SCC1(C)c1ccc(O)cc1. The summed E-state index contributed by atoms with van der Waals surface area (Å²) in [6, 6.07) is 13.7. The second-order valence-corrected chi connectivity index (χ2v) is 12.4. The van der Waals surface area contributed by atoms with E-state index in [0.717, 1.165) is 5.75 Å². The van der Waals surface area contributed by atoms with Gasteiger partial charge in [0.25, 0.3) is 0 Å². The van der Waals surface area contributed by atoms with Gasteiger partial charge in [0, 0.05) is 16.1 Å². The number of phenols is 2. The quantitative estimate of drug-likeness (QED) is 0.239. The Hall–Kier alpha value is -1.26. The minimum absolute atomic E-state index is 0.0249. The van der Waals surface area contributed by atoms with Crippen LogP contribution in [0.3, 0.4) is 0 Å². The molecule has 188 valence electrons. The van der Waals surface area contributed by atoms with Gasteiger partial charge in [0.05, 0.1) is 0 Å². The molecule has 34 heavy (non-hydrogen) atoms. The van der Waals surface area contributed by atoms with Crippen molar-refractivity contribution in [3.63, 3.8) is 0 Å². The average Bonchev–Trinajstić information content (AvgIpc) is 2.83. The van der Waals surface area contributed by atoms with Gasteiger partial charge in [-0.2, -0.15) is 11.8 Å². The van der Waals surface area contributed by atoms with Gasteiger partial charge >= 0.3 is 0 Å². The molecule has 4 heteroatoms. The van der Waals surface area contributed by atoms with Crippen LogP contribution in [0.4, 0.5) is 0 Å². The van der Waals surface area contributed by atoms with Gasteiger partial charge in [-0.05, 0) is 72.1 Å². The maximum absolute atomic E-state index is 10.0. The highest BCUT2D eigenvalue weighted by Crippen LogP contribution is 2.52. The minimum atomic E-state index is 0.0249. The molecular weight excluding hydrogens is 456 g/mol. The average molecular weight is 501 g/mol. The normalized spacial score (nSPS) is 19.8. The van der Waals surface area contributed by atoms with Gasteiger partial charge in [0.2, 0.25) is 0 Å². The van der Waals surface area contributed by atoms with E-state index < -0.39 is 0 Å². The molecule has 1 heterocycles. The van der Waals surface area contributed by atoms with E-state index in [4.69, 9.17) is 0 Å². The lowest BCUT2D eigenvalue weighted by molar-refractivity contribution is 0.370. The molecule has 0 saturated carbocycles. The van der Waals surface area contributed by atoms with Crippen molar-refractivity contribution >= 4 is 23.5 Å². The van der Waals surface area contributed by atoms with Gasteiger partial charge < -0.3 is 10.2 Å². The van der Waals surface area contributed by atoms with Gasteiger partial charge in [0.1, 0.15) is 11.5 Å². The Bertz CT molecular complexity index is 851. The van der Waals surface area contributed by atoms with Gasteiger partial charge in [-0.1, -0.05) is 83.4 Å². The molecule has 0 aromatic heterocycles. The summed E-state index contributed by atoms with van der Waals surface area (Å²) in [6.07, 6.45) is 14.7. The lowest BCUT2D eigenvalue weighted by atomic mass is 9.68. The Kier molecular flexibility index (Phi) is 11.5. The molecule has 2 aromatic carbocycles. The molecule has 2 atom stereocenters. The second kappa shape index (κ2) is 14.3. The molecule has 0 aliphatic carbocycles. The number of unbranched alkanes of at least 4 members (excludes halogenated alkanes) is 8. The Labute approximate surface area is 216 Å². The number of hydrogen-bond donors (Lipinski definition) is 2. The lowest BCUT2D eigenvalue weighted by Crippen LogP contribution is -2.36. The topological polar surface area (TPSA) is 40.5 Å². The van der Waals surface area contributed by atoms with Gasteiger partial charge in [-0.3, -0.25) is 0 Å². The number of aromatic hydroxyl groups is 2. The zero-order chi connectivity index (χ0) is 24.2. The summed E-state index contributed by atoms with van der Waals surface area (Å²) in [6.45, 7) is 4.66. The van der Waals surface area contributed by atoms with E-state index in [1.165, 1.54) is 98.2 Å². The van der Waals surface area contributed by atoms with E-state index in [0.29, 0.717) is 17.4 Å². The number of phenolic OH excluding ortho intramolecular Hbond substituents is 2. The van der Waals surface area contributed by atoms with Gasteiger partial charge in [0.15, 0.2) is 0 Å². The molecule has 2 aromatic rings. The predicted molar refractivity (Wildman–Crippen MR) is 151 cm³/mol. The Balaban J connectivity index is 1.46. The van der Waals surface area contributed by atoms with Gasteiger partial charge in [-0.15, -0.1) is 11.8 Å². The summed E-state index contributed by atoms with van der Waals surface area (Å²) in [7, 11) is 0. The molecule has 1 aliphatic rings. The van der Waals surface area contributed by atoms with Crippen molar-refractivity contribution in [1.29, 1.82) is 0 Å². The standard InChI is InChI=1S/C30H44O2S2/c1-3-4-11-20-33-21-12-9-7-5-6-8-10-13-28-27-19-18-26(32)22-29(27)34-23-30(28,2)24-14-16-25(31)17-15-24/h14-19,22,28,31-32H,3-13,20-21,23H2,1-2H3. The van der Waals surface area contributed by atoms with Crippen molar-refractivity contribution in [1.82, 2.24) is 0 Å². The van der Waals surface area contributed by atoms with E-state index in [1.54, 1.807) is 0 Å². The number of thioether (sulfide) groups is 2. The fraction of sp³-hybridized carbons (Fsp3) is 0.600. The summed E-state index contributed by atoms with van der Waals surface area (Å²) in [5, 5.41) is 19.8. The number of fused-ring (bicyclic) bond motifs is 1. The highest BCUT2D eigenvalue weighted by atomic mass is 32.2. The number of benzene rings is 2. The zero-order valence-corrected chi connectivity index (χ0v) is 22.9. The third-order valence-electron chi connectivity index (χ3n) is 7.37. The Morgan fingerprint density at radius 3 is 2.15 bits per heavy atom. The van der Waals surface area contributed by atoms with Crippen LogP contribution in [-0.2, 0) is 5.41 Å². The first-order valence-electron chi connectivity index (χ1n) is 13.4. The smallest absolute Gasteiger partial charge is 0.116 e. The van der Waals surface area contributed by atoms with Crippen LogP contribution in [0.1, 0.15) is 102 Å². The van der Waals surface area contributed by atoms with Crippen molar-refractivity contribution in [3.05, 3.63) is 53.6 Å². The molecule has 2 nitrogen and oxygen atoms in total. The van der Waals surface area contributed by atoms with Crippen LogP contribution in [-0.4, -0.2) is 27.5 Å². The van der Waals surface area contributed by atoms with Crippen LogP contribution in [0.5, 0.6) is 11.5 Å². The molecule has 1 aliphatic heterocycles. The van der Waals surface area contributed by atoms with E-state index >= 15 is 0 Å². The van der Waals surface area contributed by atoms with Crippen molar-refractivity contribution in [2.24, 2.45) is 0 Å². The summed E-state index contributed by atoms with van der Waals surface area (Å²) in [4.78, 5) is 1.23. The fourth-order valence-corrected chi connectivity index (χ4v) is 7.63. The third kappa shape index (κ3) is 7.88. The Morgan fingerprint density at radius 2 is 1.44 bits per heavy atom. The highest BCUT2D eigenvalue weighted by Gasteiger charge is 2.41. The molecule has 2 unspecified atom stereocenters. The van der Waals surface area contributed by atoms with Crippen LogP contribution < -0.4 is 0 Å². The van der Waals surface area contributed by atoms with E-state index in [-0.39, 0.29) is 5.41 Å². The second-order valence-electron chi connectivity index (χ2n) is 10.1. The maximum atomic E-state index is 10.0. The molecule has 0 saturated heterocycles. The first-order valence-corrected chi connectivity index (χ1v) is 15.5. The lowest BCUT2D eigenvalue weighted by Gasteiger charge is -2.43. The van der Waals surface area contributed by atoms with Crippen molar-refractivity contribution in [2.45, 2.75) is 101 Å².